The standard InChI is InChI=1S/C26H27NO4/c1-17-10-8-14-21(16-17)24-22(25(28)29)18(2)27(4)19(3)23(24)26(30)31-15-9-13-20-11-6-5-7-12-20/h5-14,16,24H,15H2,1-4H3,(H,28,29)/b13-9+. The lowest BCUT2D eigenvalue weighted by Crippen LogP contribution is -2.33. The topological polar surface area (TPSA) is 66.8 Å². The Balaban J connectivity index is 1.93. The van der Waals surface area contributed by atoms with Crippen LogP contribution in [0.1, 0.15) is 36.5 Å². The third-order valence-corrected chi connectivity index (χ3v) is 5.61. The minimum Gasteiger partial charge on any atom is -0.478 e. The van der Waals surface area contributed by atoms with Gasteiger partial charge in [-0.15, -0.1) is 0 Å². The van der Waals surface area contributed by atoms with Crippen LogP contribution in [-0.4, -0.2) is 35.6 Å². The molecule has 1 unspecified atom stereocenters. The molecule has 160 valence electrons. The number of allylic oxidation sites excluding steroid dienone is 2. The minimum atomic E-state index is -1.04. The molecule has 1 aliphatic heterocycles. The van der Waals surface area contributed by atoms with E-state index in [9.17, 15) is 14.7 Å². The van der Waals surface area contributed by atoms with Crippen molar-refractivity contribution >= 4 is 18.0 Å². The average Bonchev–Trinajstić information content (AvgIpc) is 2.75. The molecule has 3 rings (SSSR count). The van der Waals surface area contributed by atoms with Gasteiger partial charge in [-0.2, -0.15) is 0 Å². The maximum atomic E-state index is 13.2. The number of hydrogen-bond donors (Lipinski definition) is 1. The van der Waals surface area contributed by atoms with Gasteiger partial charge in [0.1, 0.15) is 6.61 Å². The fraction of sp³-hybridized carbons (Fsp3) is 0.231. The Morgan fingerprint density at radius 1 is 1.00 bits per heavy atom. The Morgan fingerprint density at radius 2 is 1.68 bits per heavy atom. The number of carboxylic acids is 1. The first-order valence-corrected chi connectivity index (χ1v) is 10.1. The Bertz CT molecular complexity index is 1080. The largest absolute Gasteiger partial charge is 0.478 e. The van der Waals surface area contributed by atoms with Crippen molar-refractivity contribution in [1.29, 1.82) is 0 Å². The summed E-state index contributed by atoms with van der Waals surface area (Å²) in [7, 11) is 1.77. The van der Waals surface area contributed by atoms with E-state index in [1.165, 1.54) is 0 Å². The van der Waals surface area contributed by atoms with Crippen molar-refractivity contribution in [3.8, 4) is 0 Å². The van der Waals surface area contributed by atoms with Crippen molar-refractivity contribution in [2.75, 3.05) is 13.7 Å². The molecule has 0 radical (unpaired) electrons. The number of esters is 1. The normalized spacial score (nSPS) is 16.8. The Hall–Kier alpha value is -3.60. The Labute approximate surface area is 183 Å². The third-order valence-electron chi connectivity index (χ3n) is 5.61. The number of nitrogens with zero attached hydrogens (tertiary/aromatic N) is 1. The zero-order valence-corrected chi connectivity index (χ0v) is 18.3. The van der Waals surface area contributed by atoms with Crippen molar-refractivity contribution in [1.82, 2.24) is 4.90 Å². The molecule has 0 aromatic heterocycles. The molecular formula is C26H27NO4. The maximum absolute atomic E-state index is 13.2. The highest BCUT2D eigenvalue weighted by Crippen LogP contribution is 2.42. The summed E-state index contributed by atoms with van der Waals surface area (Å²) in [6.07, 6.45) is 3.66. The van der Waals surface area contributed by atoms with Crippen LogP contribution in [0.3, 0.4) is 0 Å². The van der Waals surface area contributed by atoms with Crippen LogP contribution in [0.4, 0.5) is 0 Å². The highest BCUT2D eigenvalue weighted by atomic mass is 16.5. The predicted molar refractivity (Wildman–Crippen MR) is 121 cm³/mol. The lowest BCUT2D eigenvalue weighted by Gasteiger charge is -2.35. The number of benzene rings is 2. The van der Waals surface area contributed by atoms with Gasteiger partial charge in [-0.25, -0.2) is 9.59 Å². The first kappa shape index (κ1) is 22.1. The molecule has 0 spiro atoms. The van der Waals surface area contributed by atoms with Crippen LogP contribution >= 0.6 is 0 Å². The van der Waals surface area contributed by atoms with Gasteiger partial charge in [0.05, 0.1) is 17.1 Å². The smallest absolute Gasteiger partial charge is 0.337 e. The first-order valence-electron chi connectivity index (χ1n) is 10.1. The van der Waals surface area contributed by atoms with E-state index in [0.717, 1.165) is 16.7 Å². The van der Waals surface area contributed by atoms with Crippen LogP contribution in [0.25, 0.3) is 6.08 Å². The molecule has 5 heteroatoms. The number of ether oxygens (including phenoxy) is 1. The predicted octanol–water partition coefficient (Wildman–Crippen LogP) is 4.91. The van der Waals surface area contributed by atoms with Gasteiger partial charge >= 0.3 is 11.9 Å². The Kier molecular flexibility index (Phi) is 6.75. The van der Waals surface area contributed by atoms with Crippen LogP contribution in [-0.2, 0) is 14.3 Å². The van der Waals surface area contributed by atoms with E-state index in [0.29, 0.717) is 17.0 Å². The van der Waals surface area contributed by atoms with Crippen LogP contribution < -0.4 is 0 Å². The molecule has 2 aromatic rings. The summed E-state index contributed by atoms with van der Waals surface area (Å²) in [6, 6.07) is 17.3. The average molecular weight is 418 g/mol. The Morgan fingerprint density at radius 3 is 2.32 bits per heavy atom. The summed E-state index contributed by atoms with van der Waals surface area (Å²) in [5.74, 6) is -2.25. The SMILES string of the molecule is CC1=C(C(=O)O)C(c2cccc(C)c2)C(C(=O)OC/C=C/c2ccccc2)=C(C)N1C. The highest BCUT2D eigenvalue weighted by Gasteiger charge is 2.39. The third kappa shape index (κ3) is 4.77. The molecule has 0 saturated carbocycles. The molecule has 2 aromatic carbocycles. The van der Waals surface area contributed by atoms with Crippen molar-refractivity contribution in [3.63, 3.8) is 0 Å². The van der Waals surface area contributed by atoms with Crippen LogP contribution in [0.5, 0.6) is 0 Å². The van der Waals surface area contributed by atoms with Gasteiger partial charge in [0, 0.05) is 18.4 Å². The molecule has 5 nitrogen and oxygen atoms in total. The fourth-order valence-electron chi connectivity index (χ4n) is 3.85. The number of rotatable bonds is 6. The van der Waals surface area contributed by atoms with E-state index in [1.807, 2.05) is 74.5 Å². The number of hydrogen-bond acceptors (Lipinski definition) is 4. The molecule has 1 heterocycles. The van der Waals surface area contributed by atoms with E-state index < -0.39 is 17.9 Å². The second-order valence-corrected chi connectivity index (χ2v) is 7.62. The summed E-state index contributed by atoms with van der Waals surface area (Å²) in [5, 5.41) is 9.98. The molecular weight excluding hydrogens is 390 g/mol. The second-order valence-electron chi connectivity index (χ2n) is 7.62. The summed E-state index contributed by atoms with van der Waals surface area (Å²) >= 11 is 0. The van der Waals surface area contributed by atoms with Gasteiger partial charge in [-0.1, -0.05) is 66.2 Å². The molecule has 31 heavy (non-hydrogen) atoms. The van der Waals surface area contributed by atoms with Crippen molar-refractivity contribution < 1.29 is 19.4 Å². The van der Waals surface area contributed by atoms with E-state index in [-0.39, 0.29) is 12.2 Å². The van der Waals surface area contributed by atoms with Gasteiger partial charge in [0.2, 0.25) is 0 Å². The number of carboxylic acid groups (broad SMARTS) is 1. The fourth-order valence-corrected chi connectivity index (χ4v) is 3.85. The zero-order chi connectivity index (χ0) is 22.5. The molecule has 1 aliphatic rings. The van der Waals surface area contributed by atoms with Crippen molar-refractivity contribution in [3.05, 3.63) is 99.9 Å². The van der Waals surface area contributed by atoms with Gasteiger partial charge in [0.15, 0.2) is 0 Å². The summed E-state index contributed by atoms with van der Waals surface area (Å²) in [5.41, 5.74) is 4.60. The lowest BCUT2D eigenvalue weighted by atomic mass is 9.79. The van der Waals surface area contributed by atoms with Crippen LogP contribution in [0.15, 0.2) is 83.2 Å². The van der Waals surface area contributed by atoms with E-state index >= 15 is 0 Å². The molecule has 1 atom stereocenters. The molecule has 0 bridgehead atoms. The van der Waals surface area contributed by atoms with Gasteiger partial charge in [0.25, 0.3) is 0 Å². The monoisotopic (exact) mass is 417 g/mol. The van der Waals surface area contributed by atoms with Gasteiger partial charge < -0.3 is 14.7 Å². The maximum Gasteiger partial charge on any atom is 0.337 e. The quantitative estimate of drug-likeness (QED) is 0.676. The van der Waals surface area contributed by atoms with Crippen LogP contribution in [0, 0.1) is 6.92 Å². The summed E-state index contributed by atoms with van der Waals surface area (Å²) in [6.45, 7) is 5.63. The molecule has 0 fully saturated rings. The molecule has 0 saturated heterocycles. The molecule has 1 N–H and O–H groups in total. The number of aliphatic carboxylic acids is 1. The molecule has 0 amide bonds. The number of carbonyl (C=O) groups excluding carboxylic acids is 1. The number of carbonyl (C=O) groups is 2. The van der Waals surface area contributed by atoms with Crippen LogP contribution in [0.2, 0.25) is 0 Å². The second kappa shape index (κ2) is 9.47. The van der Waals surface area contributed by atoms with E-state index in [1.54, 1.807) is 24.9 Å². The number of aryl methyl sites for hydroxylation is 1. The van der Waals surface area contributed by atoms with Gasteiger partial charge in [-0.3, -0.25) is 0 Å². The summed E-state index contributed by atoms with van der Waals surface area (Å²) in [4.78, 5) is 27.1. The van der Waals surface area contributed by atoms with Crippen molar-refractivity contribution in [2.24, 2.45) is 0 Å². The minimum absolute atomic E-state index is 0.0971. The summed E-state index contributed by atoms with van der Waals surface area (Å²) < 4.78 is 5.54. The van der Waals surface area contributed by atoms with E-state index in [4.69, 9.17) is 4.74 Å². The molecule has 0 aliphatic carbocycles. The van der Waals surface area contributed by atoms with Gasteiger partial charge in [-0.05, 0) is 38.0 Å². The lowest BCUT2D eigenvalue weighted by molar-refractivity contribution is -0.138. The zero-order valence-electron chi connectivity index (χ0n) is 18.3. The van der Waals surface area contributed by atoms with E-state index in [2.05, 4.69) is 0 Å². The van der Waals surface area contributed by atoms with Crippen molar-refractivity contribution in [2.45, 2.75) is 26.7 Å². The first-order chi connectivity index (χ1) is 14.8. The highest BCUT2D eigenvalue weighted by molar-refractivity contribution is 5.99.